The topological polar surface area (TPSA) is 61.5 Å². The van der Waals surface area contributed by atoms with Gasteiger partial charge in [0.05, 0.1) is 12.5 Å². The molecule has 2 N–H and O–H groups in total. The Morgan fingerprint density at radius 2 is 1.68 bits per heavy atom. The van der Waals surface area contributed by atoms with Crippen LogP contribution in [0.15, 0.2) is 24.3 Å². The van der Waals surface area contributed by atoms with Gasteiger partial charge in [0.1, 0.15) is 5.75 Å². The Labute approximate surface area is 125 Å². The molecular formula is C14H17F4NO3. The quantitative estimate of drug-likeness (QED) is 0.645. The predicted molar refractivity (Wildman–Crippen MR) is 70.7 cm³/mol. The standard InChI is InChI=1S/C14H17F4NO3/c1-13(2,12(20)21-3)10(19)8-4-6-9(7-5-8)22-14(17,18)11(15)16/h4-7,10-11H,19H2,1-3H3/t10-/m1/s1. The van der Waals surface area contributed by atoms with E-state index in [4.69, 9.17) is 5.73 Å². The van der Waals surface area contributed by atoms with Crippen molar-refractivity contribution < 1.29 is 31.8 Å². The van der Waals surface area contributed by atoms with Crippen molar-refractivity contribution in [1.29, 1.82) is 0 Å². The van der Waals surface area contributed by atoms with Crippen LogP contribution in [0.2, 0.25) is 0 Å². The Morgan fingerprint density at radius 3 is 2.09 bits per heavy atom. The third-order valence-electron chi connectivity index (χ3n) is 3.24. The largest absolute Gasteiger partial charge is 0.469 e. The van der Waals surface area contributed by atoms with Crippen LogP contribution in [0.5, 0.6) is 5.75 Å². The molecule has 8 heteroatoms. The molecule has 22 heavy (non-hydrogen) atoms. The maximum atomic E-state index is 12.8. The lowest BCUT2D eigenvalue weighted by atomic mass is 9.81. The fraction of sp³-hybridized carbons (Fsp3) is 0.500. The minimum Gasteiger partial charge on any atom is -0.469 e. The molecule has 0 unspecified atom stereocenters. The van der Waals surface area contributed by atoms with E-state index in [1.807, 2.05) is 0 Å². The number of nitrogens with two attached hydrogens (primary N) is 1. The first-order valence-electron chi connectivity index (χ1n) is 6.31. The molecule has 0 amide bonds. The number of rotatable bonds is 6. The van der Waals surface area contributed by atoms with Gasteiger partial charge in [-0.25, -0.2) is 0 Å². The molecule has 0 saturated heterocycles. The SMILES string of the molecule is COC(=O)C(C)(C)[C@H](N)c1ccc(OC(F)(F)C(F)F)cc1. The number of carbonyl (C=O) groups excluding carboxylic acids is 1. The lowest BCUT2D eigenvalue weighted by Gasteiger charge is -2.29. The maximum Gasteiger partial charge on any atom is 0.461 e. The van der Waals surface area contributed by atoms with E-state index in [9.17, 15) is 22.4 Å². The number of hydrogen-bond acceptors (Lipinski definition) is 4. The van der Waals surface area contributed by atoms with Crippen LogP contribution in [0, 0.1) is 5.41 Å². The minimum absolute atomic E-state index is 0.433. The molecule has 0 fully saturated rings. The molecule has 1 aromatic rings. The number of carbonyl (C=O) groups is 1. The van der Waals surface area contributed by atoms with Crippen molar-refractivity contribution in [1.82, 2.24) is 0 Å². The second-order valence-electron chi connectivity index (χ2n) is 5.22. The number of hydrogen-bond donors (Lipinski definition) is 1. The number of alkyl halides is 4. The van der Waals surface area contributed by atoms with E-state index in [1.54, 1.807) is 13.8 Å². The molecule has 0 heterocycles. The van der Waals surface area contributed by atoms with Gasteiger partial charge < -0.3 is 15.2 Å². The maximum absolute atomic E-state index is 12.8. The fourth-order valence-electron chi connectivity index (χ4n) is 1.75. The molecule has 0 aliphatic heterocycles. The van der Waals surface area contributed by atoms with Gasteiger partial charge in [-0.3, -0.25) is 4.79 Å². The average Bonchev–Trinajstić information content (AvgIpc) is 2.45. The van der Waals surface area contributed by atoms with Gasteiger partial charge in [-0.15, -0.1) is 0 Å². The molecule has 0 saturated carbocycles. The summed E-state index contributed by atoms with van der Waals surface area (Å²) in [6, 6.07) is 4.04. The van der Waals surface area contributed by atoms with Crippen LogP contribution in [0.1, 0.15) is 25.5 Å². The van der Waals surface area contributed by atoms with Crippen LogP contribution in [0.25, 0.3) is 0 Å². The van der Waals surface area contributed by atoms with Crippen molar-refractivity contribution in [3.8, 4) is 5.75 Å². The summed E-state index contributed by atoms with van der Waals surface area (Å²) in [6.45, 7) is 3.14. The highest BCUT2D eigenvalue weighted by Gasteiger charge is 2.44. The Kier molecular flexibility index (Phi) is 5.39. The second kappa shape index (κ2) is 6.51. The first-order valence-corrected chi connectivity index (χ1v) is 6.31. The highest BCUT2D eigenvalue weighted by atomic mass is 19.3. The van der Waals surface area contributed by atoms with Crippen molar-refractivity contribution in [2.75, 3.05) is 7.11 Å². The van der Waals surface area contributed by atoms with Gasteiger partial charge in [0, 0.05) is 6.04 Å². The molecule has 1 aromatic carbocycles. The zero-order chi connectivity index (χ0) is 17.1. The van der Waals surface area contributed by atoms with E-state index in [0.717, 1.165) is 12.1 Å². The molecule has 0 bridgehead atoms. The van der Waals surface area contributed by atoms with Crippen molar-refractivity contribution in [3.63, 3.8) is 0 Å². The first-order chi connectivity index (χ1) is 10.0. The van der Waals surface area contributed by atoms with E-state index in [2.05, 4.69) is 9.47 Å². The monoisotopic (exact) mass is 323 g/mol. The lowest BCUT2D eigenvalue weighted by Crippen LogP contribution is -2.37. The third kappa shape index (κ3) is 3.88. The first kappa shape index (κ1) is 18.2. The van der Waals surface area contributed by atoms with Gasteiger partial charge in [0.15, 0.2) is 0 Å². The Hall–Kier alpha value is -1.83. The summed E-state index contributed by atoms with van der Waals surface area (Å²) < 4.78 is 58.2. The number of esters is 1. The highest BCUT2D eigenvalue weighted by molar-refractivity contribution is 5.77. The normalized spacial score (nSPS) is 13.9. The number of ether oxygens (including phenoxy) is 2. The molecule has 0 aliphatic rings. The summed E-state index contributed by atoms with van der Waals surface area (Å²) in [6.07, 6.45) is -8.51. The summed E-state index contributed by atoms with van der Waals surface area (Å²) in [4.78, 5) is 11.7. The van der Waals surface area contributed by atoms with Gasteiger partial charge in [-0.05, 0) is 31.5 Å². The number of methoxy groups -OCH3 is 1. The molecule has 4 nitrogen and oxygen atoms in total. The minimum atomic E-state index is -4.57. The second-order valence-corrected chi connectivity index (χ2v) is 5.22. The lowest BCUT2D eigenvalue weighted by molar-refractivity contribution is -0.253. The van der Waals surface area contributed by atoms with Crippen LogP contribution in [-0.2, 0) is 9.53 Å². The summed E-state index contributed by atoms with van der Waals surface area (Å²) in [5.41, 5.74) is 5.36. The molecule has 1 atom stereocenters. The van der Waals surface area contributed by atoms with Gasteiger partial charge in [0.25, 0.3) is 0 Å². The molecule has 0 aliphatic carbocycles. The summed E-state index contributed by atoms with van der Waals surface area (Å²) >= 11 is 0. The van der Waals surface area contributed by atoms with Gasteiger partial charge in [-0.1, -0.05) is 12.1 Å². The van der Waals surface area contributed by atoms with Crippen LogP contribution < -0.4 is 10.5 Å². The van der Waals surface area contributed by atoms with Crippen LogP contribution in [0.3, 0.4) is 0 Å². The third-order valence-corrected chi connectivity index (χ3v) is 3.24. The molecular weight excluding hydrogens is 306 g/mol. The number of benzene rings is 1. The van der Waals surface area contributed by atoms with Crippen molar-refractivity contribution in [2.24, 2.45) is 11.1 Å². The highest BCUT2D eigenvalue weighted by Crippen LogP contribution is 2.34. The van der Waals surface area contributed by atoms with E-state index in [0.29, 0.717) is 5.56 Å². The van der Waals surface area contributed by atoms with Crippen molar-refractivity contribution >= 4 is 5.97 Å². The van der Waals surface area contributed by atoms with E-state index >= 15 is 0 Å². The van der Waals surface area contributed by atoms with Crippen LogP contribution in [0.4, 0.5) is 17.6 Å². The Balaban J connectivity index is 2.91. The molecule has 0 radical (unpaired) electrons. The van der Waals surface area contributed by atoms with E-state index < -0.39 is 35.7 Å². The summed E-state index contributed by atoms with van der Waals surface area (Å²) in [5.74, 6) is -0.971. The van der Waals surface area contributed by atoms with Crippen LogP contribution in [-0.4, -0.2) is 25.6 Å². The zero-order valence-corrected chi connectivity index (χ0v) is 12.3. The van der Waals surface area contributed by atoms with E-state index in [1.165, 1.54) is 19.2 Å². The average molecular weight is 323 g/mol. The zero-order valence-electron chi connectivity index (χ0n) is 12.3. The Morgan fingerprint density at radius 1 is 1.18 bits per heavy atom. The molecule has 124 valence electrons. The summed E-state index contributed by atoms with van der Waals surface area (Å²) in [7, 11) is 1.22. The van der Waals surface area contributed by atoms with Crippen LogP contribution >= 0.6 is 0 Å². The predicted octanol–water partition coefficient (Wildman–Crippen LogP) is 3.12. The number of halogens is 4. The van der Waals surface area contributed by atoms with E-state index in [-0.39, 0.29) is 0 Å². The molecule has 1 rings (SSSR count). The van der Waals surface area contributed by atoms with Crippen molar-refractivity contribution in [3.05, 3.63) is 29.8 Å². The molecule has 0 aromatic heterocycles. The van der Waals surface area contributed by atoms with Crippen molar-refractivity contribution in [2.45, 2.75) is 32.4 Å². The van der Waals surface area contributed by atoms with Gasteiger partial charge in [0.2, 0.25) is 0 Å². The molecule has 0 spiro atoms. The summed E-state index contributed by atoms with van der Waals surface area (Å²) in [5, 5.41) is 0. The van der Waals surface area contributed by atoms with Gasteiger partial charge >= 0.3 is 18.5 Å². The van der Waals surface area contributed by atoms with Gasteiger partial charge in [-0.2, -0.15) is 17.6 Å². The fourth-order valence-corrected chi connectivity index (χ4v) is 1.75. The smallest absolute Gasteiger partial charge is 0.461 e. The Bertz CT molecular complexity index is 517.